The van der Waals surface area contributed by atoms with Crippen molar-refractivity contribution in [3.63, 3.8) is 0 Å². The zero-order valence-electron chi connectivity index (χ0n) is 20.6. The molecule has 1 saturated carbocycles. The lowest BCUT2D eigenvalue weighted by Crippen LogP contribution is -2.18. The van der Waals surface area contributed by atoms with Crippen molar-refractivity contribution in [2.75, 3.05) is 5.32 Å². The molecule has 2 aromatic carbocycles. The molecule has 3 aromatic rings. The van der Waals surface area contributed by atoms with E-state index in [0.717, 1.165) is 24.6 Å². The number of hydrogen-bond donors (Lipinski definition) is 2. The van der Waals surface area contributed by atoms with Crippen LogP contribution in [0.25, 0.3) is 0 Å². The van der Waals surface area contributed by atoms with Crippen molar-refractivity contribution in [1.29, 1.82) is 0 Å². The average Bonchev–Trinajstić information content (AvgIpc) is 3.37. The number of ether oxygens (including phenoxy) is 1. The van der Waals surface area contributed by atoms with E-state index in [-0.39, 0.29) is 30.6 Å². The highest BCUT2D eigenvalue weighted by Crippen LogP contribution is 2.36. The number of carboxylic acids is 1. The first-order valence-electron chi connectivity index (χ1n) is 12.4. The van der Waals surface area contributed by atoms with Gasteiger partial charge in [-0.1, -0.05) is 36.8 Å². The summed E-state index contributed by atoms with van der Waals surface area (Å²) < 4.78 is 46.0. The molecule has 0 spiro atoms. The summed E-state index contributed by atoms with van der Waals surface area (Å²) in [4.78, 5) is 31.7. The van der Waals surface area contributed by atoms with Crippen LogP contribution in [-0.2, 0) is 28.7 Å². The van der Waals surface area contributed by atoms with Gasteiger partial charge in [0, 0.05) is 11.9 Å². The fourth-order valence-corrected chi connectivity index (χ4v) is 4.77. The van der Waals surface area contributed by atoms with Crippen molar-refractivity contribution in [3.8, 4) is 0 Å². The first kappa shape index (κ1) is 27.1. The number of nitrogens with zero attached hydrogens (tertiary/aromatic N) is 2. The molecule has 1 aromatic heterocycles. The van der Waals surface area contributed by atoms with Gasteiger partial charge in [-0.3, -0.25) is 4.79 Å². The lowest BCUT2D eigenvalue weighted by molar-refractivity contribution is -0.143. The zero-order chi connectivity index (χ0) is 27.1. The molecule has 10 heteroatoms. The average molecular weight is 528 g/mol. The second-order valence-electron chi connectivity index (χ2n) is 9.34. The van der Waals surface area contributed by atoms with Gasteiger partial charge in [0.2, 0.25) is 5.95 Å². The van der Waals surface area contributed by atoms with Gasteiger partial charge in [-0.15, -0.1) is 0 Å². The predicted molar refractivity (Wildman–Crippen MR) is 134 cm³/mol. The highest BCUT2D eigenvalue weighted by molar-refractivity contribution is 5.89. The largest absolute Gasteiger partial charge is 0.481 e. The summed E-state index contributed by atoms with van der Waals surface area (Å²) in [5.74, 6) is -1.80. The molecule has 1 aliphatic carbocycles. The van der Waals surface area contributed by atoms with Crippen molar-refractivity contribution in [1.82, 2.24) is 9.97 Å². The number of rotatable bonds is 10. The van der Waals surface area contributed by atoms with E-state index < -0.39 is 29.6 Å². The van der Waals surface area contributed by atoms with Crippen molar-refractivity contribution in [3.05, 3.63) is 83.2 Å². The number of hydrogen-bond acceptors (Lipinski definition) is 6. The third-order valence-electron chi connectivity index (χ3n) is 6.73. The van der Waals surface area contributed by atoms with Gasteiger partial charge in [0.05, 0.1) is 22.7 Å². The lowest BCUT2D eigenvalue weighted by atomic mass is 9.90. The Morgan fingerprint density at radius 3 is 2.47 bits per heavy atom. The monoisotopic (exact) mass is 527 g/mol. The summed E-state index contributed by atoms with van der Waals surface area (Å²) in [6, 6.07) is 15.5. The summed E-state index contributed by atoms with van der Waals surface area (Å²) in [5.41, 5.74) is 0.638. The van der Waals surface area contributed by atoms with Crippen LogP contribution in [0.4, 0.5) is 24.8 Å². The number of benzene rings is 2. The first-order valence-corrected chi connectivity index (χ1v) is 12.4. The quantitative estimate of drug-likeness (QED) is 0.293. The maximum Gasteiger partial charge on any atom is 0.419 e. The van der Waals surface area contributed by atoms with Gasteiger partial charge in [-0.25, -0.2) is 14.8 Å². The highest BCUT2D eigenvalue weighted by atomic mass is 19.4. The number of halogens is 3. The van der Waals surface area contributed by atoms with Crippen molar-refractivity contribution in [2.24, 2.45) is 11.8 Å². The molecule has 0 bridgehead atoms. The van der Waals surface area contributed by atoms with Gasteiger partial charge in [0.25, 0.3) is 0 Å². The number of alkyl halides is 3. The number of aromatic nitrogens is 2. The van der Waals surface area contributed by atoms with Crippen LogP contribution in [0.2, 0.25) is 0 Å². The van der Waals surface area contributed by atoms with E-state index in [1.54, 1.807) is 24.3 Å². The molecule has 7 nitrogen and oxygen atoms in total. The number of carbonyl (C=O) groups excluding carboxylic acids is 1. The standard InChI is InChI=1S/C28H28F3N3O4/c29-28(30,31)23-16-32-27(34-24(23)11-5-9-19-8-4-10-22(19)25(35)36)33-21-14-12-20(13-15-21)26(37)38-17-18-6-2-1-3-7-18/h1-3,6-7,12-16,19,22H,4-5,8-11,17H2,(H,35,36)(H,32,33,34)/t19-,22-/m0/s1. The minimum Gasteiger partial charge on any atom is -0.481 e. The molecule has 1 heterocycles. The van der Waals surface area contributed by atoms with E-state index in [0.29, 0.717) is 30.5 Å². The summed E-state index contributed by atoms with van der Waals surface area (Å²) >= 11 is 0. The minimum atomic E-state index is -4.60. The number of esters is 1. The number of nitrogens with one attached hydrogen (secondary N) is 1. The van der Waals surface area contributed by atoms with Gasteiger partial charge >= 0.3 is 18.1 Å². The Morgan fingerprint density at radius 2 is 1.79 bits per heavy atom. The van der Waals surface area contributed by atoms with Crippen LogP contribution >= 0.6 is 0 Å². The van der Waals surface area contributed by atoms with E-state index in [2.05, 4.69) is 15.3 Å². The number of aliphatic carboxylic acids is 1. The molecule has 0 radical (unpaired) electrons. The Bertz CT molecular complexity index is 1250. The molecular formula is C28H28F3N3O4. The Kier molecular flexibility index (Phi) is 8.60. The second-order valence-corrected chi connectivity index (χ2v) is 9.34. The number of carbonyl (C=O) groups is 2. The Hall–Kier alpha value is -3.95. The van der Waals surface area contributed by atoms with Crippen LogP contribution in [0.1, 0.15) is 59.3 Å². The Labute approximate surface area is 218 Å². The van der Waals surface area contributed by atoms with Crippen LogP contribution in [0.5, 0.6) is 0 Å². The smallest absolute Gasteiger partial charge is 0.419 e. The van der Waals surface area contributed by atoms with E-state index in [1.807, 2.05) is 30.3 Å². The summed E-state index contributed by atoms with van der Waals surface area (Å²) in [6.45, 7) is 0.138. The number of carboxylic acid groups (broad SMARTS) is 1. The SMILES string of the molecule is O=C(OCc1ccccc1)c1ccc(Nc2ncc(C(F)(F)F)c(CCC[C@@H]3CCC[C@@H]3C(=O)O)n2)cc1. The predicted octanol–water partition coefficient (Wildman–Crippen LogP) is 6.42. The third-order valence-corrected chi connectivity index (χ3v) is 6.73. The third kappa shape index (κ3) is 7.08. The fourth-order valence-electron chi connectivity index (χ4n) is 4.77. The van der Waals surface area contributed by atoms with Crippen molar-refractivity contribution >= 4 is 23.6 Å². The molecule has 2 N–H and O–H groups in total. The normalized spacial score (nSPS) is 17.2. The Balaban J connectivity index is 1.39. The van der Waals surface area contributed by atoms with Crippen molar-refractivity contribution in [2.45, 2.75) is 51.3 Å². The van der Waals surface area contributed by atoms with Crippen LogP contribution in [-0.4, -0.2) is 27.0 Å². The molecule has 200 valence electrons. The lowest BCUT2D eigenvalue weighted by Gasteiger charge is -2.17. The zero-order valence-corrected chi connectivity index (χ0v) is 20.6. The Morgan fingerprint density at radius 1 is 1.05 bits per heavy atom. The van der Waals surface area contributed by atoms with Crippen molar-refractivity contribution < 1.29 is 32.6 Å². The van der Waals surface area contributed by atoms with Crippen LogP contribution in [0.3, 0.4) is 0 Å². The summed E-state index contributed by atoms with van der Waals surface area (Å²) in [5, 5.41) is 12.2. The molecule has 0 saturated heterocycles. The van der Waals surface area contributed by atoms with E-state index in [9.17, 15) is 27.9 Å². The number of aryl methyl sites for hydroxylation is 1. The van der Waals surface area contributed by atoms with Crippen LogP contribution in [0, 0.1) is 11.8 Å². The van der Waals surface area contributed by atoms with E-state index >= 15 is 0 Å². The molecule has 0 aliphatic heterocycles. The van der Waals surface area contributed by atoms with Gasteiger partial charge in [0.1, 0.15) is 6.61 Å². The summed E-state index contributed by atoms with van der Waals surface area (Å²) in [6.07, 6.45) is -0.658. The van der Waals surface area contributed by atoms with Gasteiger partial charge < -0.3 is 15.2 Å². The first-order chi connectivity index (χ1) is 18.2. The molecule has 1 fully saturated rings. The molecule has 1 aliphatic rings. The molecule has 38 heavy (non-hydrogen) atoms. The van der Waals surface area contributed by atoms with Crippen LogP contribution in [0.15, 0.2) is 60.8 Å². The molecule has 4 rings (SSSR count). The van der Waals surface area contributed by atoms with Gasteiger partial charge in [-0.05, 0) is 67.9 Å². The fraction of sp³-hybridized carbons (Fsp3) is 0.357. The maximum absolute atomic E-state index is 13.6. The summed E-state index contributed by atoms with van der Waals surface area (Å²) in [7, 11) is 0. The van der Waals surface area contributed by atoms with E-state index in [4.69, 9.17) is 4.74 Å². The van der Waals surface area contributed by atoms with Gasteiger partial charge in [-0.2, -0.15) is 13.2 Å². The molecule has 2 atom stereocenters. The minimum absolute atomic E-state index is 0.00307. The van der Waals surface area contributed by atoms with E-state index in [1.165, 1.54) is 0 Å². The molecule has 0 unspecified atom stereocenters. The topological polar surface area (TPSA) is 101 Å². The maximum atomic E-state index is 13.6. The number of anilines is 2. The molecular weight excluding hydrogens is 499 g/mol. The highest BCUT2D eigenvalue weighted by Gasteiger charge is 2.36. The van der Waals surface area contributed by atoms with Crippen LogP contribution < -0.4 is 5.32 Å². The second kappa shape index (κ2) is 12.1. The molecule has 0 amide bonds. The van der Waals surface area contributed by atoms with Gasteiger partial charge in [0.15, 0.2) is 0 Å².